The first-order valence-corrected chi connectivity index (χ1v) is 6.17. The highest BCUT2D eigenvalue weighted by atomic mass is 19.1. The molecule has 1 aromatic heterocycles. The number of benzene rings is 1. The molecular weight excluding hydrogens is 243 g/mol. The van der Waals surface area contributed by atoms with Crippen LogP contribution in [0.15, 0.2) is 18.2 Å². The number of hydrogen-bond acceptors (Lipinski definition) is 3. The van der Waals surface area contributed by atoms with Crippen molar-refractivity contribution in [3.05, 3.63) is 35.4 Å². The maximum atomic E-state index is 13.3. The minimum absolute atomic E-state index is 0.000923. The van der Waals surface area contributed by atoms with Gasteiger partial charge in [0, 0.05) is 18.5 Å². The fraction of sp³-hybridized carbons (Fsp3) is 0.286. The van der Waals surface area contributed by atoms with Gasteiger partial charge in [0.15, 0.2) is 0 Å². The van der Waals surface area contributed by atoms with E-state index in [0.717, 1.165) is 18.8 Å². The molecule has 98 valence electrons. The van der Waals surface area contributed by atoms with Crippen LogP contribution in [0.5, 0.6) is 0 Å². The van der Waals surface area contributed by atoms with Gasteiger partial charge in [-0.2, -0.15) is 5.26 Å². The van der Waals surface area contributed by atoms with Crippen LogP contribution in [0.25, 0.3) is 11.3 Å². The second-order valence-electron chi connectivity index (χ2n) is 4.17. The van der Waals surface area contributed by atoms with Crippen LogP contribution in [-0.2, 0) is 13.0 Å². The molecule has 0 saturated carbocycles. The predicted octanol–water partition coefficient (Wildman–Crippen LogP) is 2.73. The zero-order chi connectivity index (χ0) is 14.0. The molecule has 0 fully saturated rings. The van der Waals surface area contributed by atoms with Crippen molar-refractivity contribution >= 4 is 5.82 Å². The number of nitrogen functional groups attached to an aromatic ring is 1. The van der Waals surface area contributed by atoms with Gasteiger partial charge < -0.3 is 10.3 Å². The first-order chi connectivity index (χ1) is 9.12. The lowest BCUT2D eigenvalue weighted by Crippen LogP contribution is -2.04. The fourth-order valence-corrected chi connectivity index (χ4v) is 2.11. The molecule has 0 radical (unpaired) electrons. The highest BCUT2D eigenvalue weighted by molar-refractivity contribution is 5.72. The summed E-state index contributed by atoms with van der Waals surface area (Å²) in [5.41, 5.74) is 7.35. The van der Waals surface area contributed by atoms with Crippen LogP contribution in [0, 0.1) is 17.1 Å². The van der Waals surface area contributed by atoms with Crippen LogP contribution in [0.3, 0.4) is 0 Å². The molecule has 1 aromatic carbocycles. The summed E-state index contributed by atoms with van der Waals surface area (Å²) in [4.78, 5) is 4.48. The number of hydrogen-bond donors (Lipinski definition) is 1. The molecule has 1 heterocycles. The number of anilines is 1. The van der Waals surface area contributed by atoms with Gasteiger partial charge in [0.1, 0.15) is 29.2 Å². The first-order valence-electron chi connectivity index (χ1n) is 6.17. The van der Waals surface area contributed by atoms with E-state index < -0.39 is 5.82 Å². The minimum atomic E-state index is -0.532. The molecule has 2 N–H and O–H groups in total. The van der Waals surface area contributed by atoms with Crippen molar-refractivity contribution in [2.75, 3.05) is 5.73 Å². The van der Waals surface area contributed by atoms with Crippen LogP contribution < -0.4 is 5.73 Å². The quantitative estimate of drug-likeness (QED) is 0.920. The summed E-state index contributed by atoms with van der Waals surface area (Å²) in [6, 6.07) is 6.16. The summed E-state index contributed by atoms with van der Waals surface area (Å²) in [7, 11) is 0. The Balaban J connectivity index is 2.60. The van der Waals surface area contributed by atoms with Crippen LogP contribution >= 0.6 is 0 Å². The van der Waals surface area contributed by atoms with Crippen molar-refractivity contribution in [2.45, 2.75) is 26.8 Å². The summed E-state index contributed by atoms with van der Waals surface area (Å²) in [6.45, 7) is 4.73. The van der Waals surface area contributed by atoms with Gasteiger partial charge in [-0.3, -0.25) is 0 Å². The molecule has 0 aliphatic rings. The van der Waals surface area contributed by atoms with Gasteiger partial charge in [-0.05, 0) is 25.1 Å². The molecule has 0 bridgehead atoms. The molecule has 0 atom stereocenters. The van der Waals surface area contributed by atoms with E-state index in [4.69, 9.17) is 11.0 Å². The fourth-order valence-electron chi connectivity index (χ4n) is 2.11. The number of aromatic nitrogens is 2. The van der Waals surface area contributed by atoms with Gasteiger partial charge in [-0.1, -0.05) is 6.92 Å². The number of imidazole rings is 1. The Kier molecular flexibility index (Phi) is 3.52. The summed E-state index contributed by atoms with van der Waals surface area (Å²) < 4.78 is 15.2. The lowest BCUT2D eigenvalue weighted by Gasteiger charge is -2.04. The van der Waals surface area contributed by atoms with E-state index in [1.54, 1.807) is 6.07 Å². The highest BCUT2D eigenvalue weighted by Gasteiger charge is 2.15. The lowest BCUT2D eigenvalue weighted by atomic mass is 10.1. The molecule has 0 unspecified atom stereocenters. The third kappa shape index (κ3) is 2.17. The van der Waals surface area contributed by atoms with Crippen molar-refractivity contribution in [1.29, 1.82) is 5.26 Å². The predicted molar refractivity (Wildman–Crippen MR) is 71.8 cm³/mol. The second kappa shape index (κ2) is 5.11. The van der Waals surface area contributed by atoms with E-state index in [0.29, 0.717) is 17.1 Å². The molecule has 0 spiro atoms. The molecular formula is C14H15FN4. The summed E-state index contributed by atoms with van der Waals surface area (Å²) in [5, 5.41) is 8.86. The summed E-state index contributed by atoms with van der Waals surface area (Å²) in [5.74, 6) is 0.906. The first kappa shape index (κ1) is 13.1. The van der Waals surface area contributed by atoms with Crippen molar-refractivity contribution in [2.24, 2.45) is 0 Å². The Morgan fingerprint density at radius 1 is 1.42 bits per heavy atom. The SMILES string of the molecule is CCc1nc(-c2ccc(F)c(C#N)c2)c(N)n1CC. The second-order valence-corrected chi connectivity index (χ2v) is 4.17. The average molecular weight is 258 g/mol. The van der Waals surface area contributed by atoms with Gasteiger partial charge >= 0.3 is 0 Å². The van der Waals surface area contributed by atoms with Crippen molar-refractivity contribution in [3.63, 3.8) is 0 Å². The standard InChI is InChI=1S/C14H15FN4/c1-3-12-18-13(14(17)19(12)4-2)9-5-6-11(15)10(7-9)8-16/h5-7H,3-4,17H2,1-2H3. The molecule has 0 aliphatic heterocycles. The van der Waals surface area contributed by atoms with Gasteiger partial charge in [0.25, 0.3) is 0 Å². The number of halogens is 1. The molecule has 5 heteroatoms. The Hall–Kier alpha value is -2.35. The number of aryl methyl sites for hydroxylation is 1. The monoisotopic (exact) mass is 258 g/mol. The lowest BCUT2D eigenvalue weighted by molar-refractivity contribution is 0.624. The molecule has 2 aromatic rings. The molecule has 0 aliphatic carbocycles. The van der Waals surface area contributed by atoms with E-state index in [9.17, 15) is 4.39 Å². The van der Waals surface area contributed by atoms with Crippen molar-refractivity contribution in [3.8, 4) is 17.3 Å². The van der Waals surface area contributed by atoms with Crippen molar-refractivity contribution < 1.29 is 4.39 Å². The van der Waals surface area contributed by atoms with E-state index in [-0.39, 0.29) is 5.56 Å². The number of rotatable bonds is 3. The van der Waals surface area contributed by atoms with E-state index in [2.05, 4.69) is 4.98 Å². The number of nitrogens with zero attached hydrogens (tertiary/aromatic N) is 3. The van der Waals surface area contributed by atoms with Gasteiger partial charge in [0.2, 0.25) is 0 Å². The zero-order valence-electron chi connectivity index (χ0n) is 10.9. The third-order valence-corrected chi connectivity index (χ3v) is 3.08. The van der Waals surface area contributed by atoms with Crippen LogP contribution in [0.4, 0.5) is 10.2 Å². The van der Waals surface area contributed by atoms with Gasteiger partial charge in [0.05, 0.1) is 5.56 Å². The molecule has 0 saturated heterocycles. The Labute approximate surface area is 111 Å². The smallest absolute Gasteiger partial charge is 0.140 e. The minimum Gasteiger partial charge on any atom is -0.383 e. The maximum Gasteiger partial charge on any atom is 0.140 e. The van der Waals surface area contributed by atoms with Crippen LogP contribution in [0.1, 0.15) is 25.2 Å². The Morgan fingerprint density at radius 3 is 2.68 bits per heavy atom. The Bertz CT molecular complexity index is 652. The molecule has 0 amide bonds. The highest BCUT2D eigenvalue weighted by Crippen LogP contribution is 2.28. The van der Waals surface area contributed by atoms with E-state index >= 15 is 0 Å². The molecule has 2 rings (SSSR count). The largest absolute Gasteiger partial charge is 0.383 e. The normalized spacial score (nSPS) is 10.4. The Morgan fingerprint density at radius 2 is 2.16 bits per heavy atom. The topological polar surface area (TPSA) is 67.6 Å². The number of nitriles is 1. The van der Waals surface area contributed by atoms with Crippen LogP contribution in [0.2, 0.25) is 0 Å². The van der Waals surface area contributed by atoms with E-state index in [1.807, 2.05) is 24.5 Å². The maximum absolute atomic E-state index is 13.3. The van der Waals surface area contributed by atoms with E-state index in [1.165, 1.54) is 12.1 Å². The third-order valence-electron chi connectivity index (χ3n) is 3.08. The van der Waals surface area contributed by atoms with Gasteiger partial charge in [-0.15, -0.1) is 0 Å². The van der Waals surface area contributed by atoms with Gasteiger partial charge in [-0.25, -0.2) is 9.37 Å². The molecule has 19 heavy (non-hydrogen) atoms. The summed E-state index contributed by atoms with van der Waals surface area (Å²) >= 11 is 0. The van der Waals surface area contributed by atoms with Crippen LogP contribution in [-0.4, -0.2) is 9.55 Å². The summed E-state index contributed by atoms with van der Waals surface area (Å²) in [6.07, 6.45) is 0.768. The molecule has 4 nitrogen and oxygen atoms in total. The zero-order valence-corrected chi connectivity index (χ0v) is 10.9. The number of nitrogens with two attached hydrogens (primary N) is 1. The average Bonchev–Trinajstić information content (AvgIpc) is 2.75. The van der Waals surface area contributed by atoms with Crippen molar-refractivity contribution in [1.82, 2.24) is 9.55 Å².